The van der Waals surface area contributed by atoms with Gasteiger partial charge in [0.1, 0.15) is 5.82 Å². The molecule has 0 spiro atoms. The van der Waals surface area contributed by atoms with E-state index in [9.17, 15) is 0 Å². The Hall–Kier alpha value is -0.960. The fourth-order valence-electron chi connectivity index (χ4n) is 1.92. The van der Waals surface area contributed by atoms with Crippen molar-refractivity contribution in [1.29, 1.82) is 0 Å². The highest BCUT2D eigenvalue weighted by Crippen LogP contribution is 2.25. The van der Waals surface area contributed by atoms with Crippen LogP contribution in [0.25, 0.3) is 0 Å². The Labute approximate surface area is 124 Å². The van der Waals surface area contributed by atoms with Gasteiger partial charge in [0.05, 0.1) is 0 Å². The molecule has 1 aromatic heterocycles. The molecule has 114 valence electrons. The Balaban J connectivity index is 3.05. The average molecular weight is 277 g/mol. The molecule has 1 aromatic rings. The van der Waals surface area contributed by atoms with Gasteiger partial charge in [0, 0.05) is 22.2 Å². The number of hydrogen-bond donors (Lipinski definition) is 0. The van der Waals surface area contributed by atoms with Crippen molar-refractivity contribution in [2.24, 2.45) is 0 Å². The summed E-state index contributed by atoms with van der Waals surface area (Å²) in [6.07, 6.45) is 2.16. The number of rotatable bonds is 4. The van der Waals surface area contributed by atoms with Gasteiger partial charge in [-0.3, -0.25) is 0 Å². The minimum atomic E-state index is -0.00242. The third-order valence-corrected chi connectivity index (χ3v) is 3.26. The second kappa shape index (κ2) is 6.21. The van der Waals surface area contributed by atoms with Crippen molar-refractivity contribution in [2.45, 2.75) is 65.2 Å². The molecule has 1 rings (SSSR count). The SMILES string of the molecule is CN(C)CCCc1cc(C(C)(C)C)nc(C(C)(C)C)n1. The monoisotopic (exact) mass is 277 g/mol. The van der Waals surface area contributed by atoms with Crippen LogP contribution in [0.4, 0.5) is 0 Å². The zero-order valence-electron chi connectivity index (χ0n) is 14.5. The Kier molecular flexibility index (Phi) is 5.31. The van der Waals surface area contributed by atoms with Crippen LogP contribution in [0.3, 0.4) is 0 Å². The van der Waals surface area contributed by atoms with Crippen molar-refractivity contribution in [3.63, 3.8) is 0 Å². The second-order valence-corrected chi connectivity index (χ2v) is 7.97. The Morgan fingerprint density at radius 3 is 2.00 bits per heavy atom. The van der Waals surface area contributed by atoms with E-state index in [1.807, 2.05) is 0 Å². The van der Waals surface area contributed by atoms with Crippen LogP contribution in [0.1, 0.15) is 65.2 Å². The van der Waals surface area contributed by atoms with Gasteiger partial charge < -0.3 is 4.90 Å². The van der Waals surface area contributed by atoms with E-state index in [1.165, 1.54) is 5.69 Å². The standard InChI is InChI=1S/C17H31N3/c1-16(2,3)14-12-13(10-9-11-20(7)8)18-15(19-14)17(4,5)6/h12H,9-11H2,1-8H3. The molecule has 0 bridgehead atoms. The van der Waals surface area contributed by atoms with Crippen LogP contribution in [0.5, 0.6) is 0 Å². The molecule has 0 N–H and O–H groups in total. The van der Waals surface area contributed by atoms with E-state index < -0.39 is 0 Å². The van der Waals surface area contributed by atoms with E-state index in [-0.39, 0.29) is 10.8 Å². The lowest BCUT2D eigenvalue weighted by molar-refractivity contribution is 0.398. The maximum absolute atomic E-state index is 4.80. The Bertz CT molecular complexity index is 404. The van der Waals surface area contributed by atoms with Crippen molar-refractivity contribution >= 4 is 0 Å². The van der Waals surface area contributed by atoms with Crippen molar-refractivity contribution in [1.82, 2.24) is 14.9 Å². The molecule has 0 unspecified atom stereocenters. The van der Waals surface area contributed by atoms with Crippen molar-refractivity contribution in [2.75, 3.05) is 20.6 Å². The van der Waals surface area contributed by atoms with Gasteiger partial charge in [-0.25, -0.2) is 9.97 Å². The number of aromatic nitrogens is 2. The minimum absolute atomic E-state index is 0.00242. The van der Waals surface area contributed by atoms with Crippen LogP contribution < -0.4 is 0 Å². The first-order valence-corrected chi connectivity index (χ1v) is 7.54. The highest BCUT2D eigenvalue weighted by Gasteiger charge is 2.23. The summed E-state index contributed by atoms with van der Waals surface area (Å²) in [7, 11) is 4.22. The lowest BCUT2D eigenvalue weighted by Gasteiger charge is -2.24. The molecule has 0 aromatic carbocycles. The third-order valence-electron chi connectivity index (χ3n) is 3.26. The quantitative estimate of drug-likeness (QED) is 0.842. The first-order chi connectivity index (χ1) is 9.00. The zero-order chi connectivity index (χ0) is 15.6. The lowest BCUT2D eigenvalue weighted by atomic mass is 9.89. The van der Waals surface area contributed by atoms with Crippen LogP contribution in [0, 0.1) is 0 Å². The zero-order valence-corrected chi connectivity index (χ0v) is 14.5. The highest BCUT2D eigenvalue weighted by molar-refractivity contribution is 5.20. The second-order valence-electron chi connectivity index (χ2n) is 7.97. The normalized spacial score (nSPS) is 13.1. The summed E-state index contributed by atoms with van der Waals surface area (Å²) in [6, 6.07) is 2.19. The van der Waals surface area contributed by atoms with Gasteiger partial charge in [0.2, 0.25) is 0 Å². The molecule has 0 atom stereocenters. The van der Waals surface area contributed by atoms with E-state index in [4.69, 9.17) is 9.97 Å². The van der Waals surface area contributed by atoms with Gasteiger partial charge in [-0.05, 0) is 39.5 Å². The maximum atomic E-state index is 4.80. The van der Waals surface area contributed by atoms with E-state index in [2.05, 4.69) is 66.6 Å². The topological polar surface area (TPSA) is 29.0 Å². The average Bonchev–Trinajstić information content (AvgIpc) is 2.25. The van der Waals surface area contributed by atoms with Gasteiger partial charge in [0.15, 0.2) is 0 Å². The fraction of sp³-hybridized carbons (Fsp3) is 0.765. The van der Waals surface area contributed by atoms with Gasteiger partial charge in [-0.2, -0.15) is 0 Å². The van der Waals surface area contributed by atoms with Gasteiger partial charge in [0.25, 0.3) is 0 Å². The van der Waals surface area contributed by atoms with Crippen LogP contribution >= 0.6 is 0 Å². The van der Waals surface area contributed by atoms with Crippen LogP contribution in [0.2, 0.25) is 0 Å². The Morgan fingerprint density at radius 2 is 1.55 bits per heavy atom. The minimum Gasteiger partial charge on any atom is -0.309 e. The van der Waals surface area contributed by atoms with Gasteiger partial charge in [-0.15, -0.1) is 0 Å². The molecule has 0 amide bonds. The first kappa shape index (κ1) is 17.1. The molecule has 0 saturated heterocycles. The maximum Gasteiger partial charge on any atom is 0.134 e. The summed E-state index contributed by atoms with van der Waals surface area (Å²) in [4.78, 5) is 11.8. The van der Waals surface area contributed by atoms with Gasteiger partial charge >= 0.3 is 0 Å². The molecular weight excluding hydrogens is 246 g/mol. The molecule has 3 nitrogen and oxygen atoms in total. The molecule has 0 saturated carbocycles. The van der Waals surface area contributed by atoms with Gasteiger partial charge in [-0.1, -0.05) is 41.5 Å². The summed E-state index contributed by atoms with van der Waals surface area (Å²) in [5, 5.41) is 0. The summed E-state index contributed by atoms with van der Waals surface area (Å²) in [5.74, 6) is 0.963. The van der Waals surface area contributed by atoms with E-state index in [0.29, 0.717) is 0 Å². The van der Waals surface area contributed by atoms with Crippen LogP contribution in [0.15, 0.2) is 6.07 Å². The fourth-order valence-corrected chi connectivity index (χ4v) is 1.92. The molecule has 0 aliphatic carbocycles. The first-order valence-electron chi connectivity index (χ1n) is 7.54. The van der Waals surface area contributed by atoms with Crippen molar-refractivity contribution < 1.29 is 0 Å². The van der Waals surface area contributed by atoms with E-state index >= 15 is 0 Å². The molecular formula is C17H31N3. The predicted octanol–water partition coefficient (Wildman–Crippen LogP) is 3.57. The van der Waals surface area contributed by atoms with Crippen LogP contribution in [-0.2, 0) is 17.3 Å². The highest BCUT2D eigenvalue weighted by atomic mass is 15.0. The van der Waals surface area contributed by atoms with E-state index in [0.717, 1.165) is 30.9 Å². The summed E-state index contributed by atoms with van der Waals surface area (Å²) < 4.78 is 0. The molecule has 20 heavy (non-hydrogen) atoms. The third kappa shape index (κ3) is 5.20. The smallest absolute Gasteiger partial charge is 0.134 e. The molecule has 1 heterocycles. The largest absolute Gasteiger partial charge is 0.309 e. The van der Waals surface area contributed by atoms with Crippen molar-refractivity contribution in [3.8, 4) is 0 Å². The Morgan fingerprint density at radius 1 is 0.950 bits per heavy atom. The van der Waals surface area contributed by atoms with Crippen molar-refractivity contribution in [3.05, 3.63) is 23.3 Å². The molecule has 3 heteroatoms. The number of aryl methyl sites for hydroxylation is 1. The summed E-state index contributed by atoms with van der Waals surface area (Å²) in [6.45, 7) is 14.3. The van der Waals surface area contributed by atoms with E-state index in [1.54, 1.807) is 0 Å². The molecule has 0 fully saturated rings. The number of nitrogens with zero attached hydrogens (tertiary/aromatic N) is 3. The predicted molar refractivity (Wildman–Crippen MR) is 86.3 cm³/mol. The summed E-state index contributed by atoms with van der Waals surface area (Å²) >= 11 is 0. The molecule has 0 aliphatic rings. The lowest BCUT2D eigenvalue weighted by Crippen LogP contribution is -2.23. The van der Waals surface area contributed by atoms with Crippen LogP contribution in [-0.4, -0.2) is 35.5 Å². The number of hydrogen-bond acceptors (Lipinski definition) is 3. The summed E-state index contributed by atoms with van der Waals surface area (Å²) in [5.41, 5.74) is 2.39. The molecule has 0 aliphatic heterocycles. The molecule has 0 radical (unpaired) electrons.